The van der Waals surface area contributed by atoms with Crippen molar-refractivity contribution in [2.24, 2.45) is 0 Å². The summed E-state index contributed by atoms with van der Waals surface area (Å²) < 4.78 is 7.60. The van der Waals surface area contributed by atoms with Gasteiger partial charge in [0.1, 0.15) is 16.4 Å². The Morgan fingerprint density at radius 1 is 1.18 bits per heavy atom. The Labute approximate surface area is 197 Å². The normalized spacial score (nSPS) is 13.1. The van der Waals surface area contributed by atoms with Crippen LogP contribution in [0, 0.1) is 6.92 Å². The summed E-state index contributed by atoms with van der Waals surface area (Å²) in [6.07, 6.45) is 4.83. The Balaban J connectivity index is 1.33. The third-order valence-electron chi connectivity index (χ3n) is 5.96. The first kappa shape index (κ1) is 20.4. The van der Waals surface area contributed by atoms with Gasteiger partial charge in [-0.3, -0.25) is 9.36 Å². The highest BCUT2D eigenvalue weighted by Crippen LogP contribution is 2.35. The number of thioether (sulfide) groups is 1. The van der Waals surface area contributed by atoms with E-state index in [0.717, 1.165) is 57.3 Å². The van der Waals surface area contributed by atoms with Crippen LogP contribution in [0.1, 0.15) is 34.0 Å². The number of benzene rings is 1. The predicted molar refractivity (Wildman–Crippen MR) is 130 cm³/mol. The van der Waals surface area contributed by atoms with Gasteiger partial charge in [0.05, 0.1) is 29.5 Å². The van der Waals surface area contributed by atoms with Gasteiger partial charge in [0.15, 0.2) is 11.0 Å². The van der Waals surface area contributed by atoms with Crippen molar-refractivity contribution in [1.82, 2.24) is 24.7 Å². The van der Waals surface area contributed by atoms with Crippen LogP contribution in [0.3, 0.4) is 0 Å². The third kappa shape index (κ3) is 3.71. The standard InChI is InChI=1S/C24H21N5O2S2/c1-14-16(10-11-31-14)21-27-28-24(29(21)12-15-6-3-2-4-7-15)32-13-19-25-22(30)20-17-8-5-9-18(17)33-23(20)26-19/h2-4,6-7,10-11H,5,8-9,12-13H2,1H3,(H,25,26,30). The summed E-state index contributed by atoms with van der Waals surface area (Å²) in [7, 11) is 0. The molecule has 9 heteroatoms. The molecular formula is C24H21N5O2S2. The van der Waals surface area contributed by atoms with E-state index in [1.54, 1.807) is 17.6 Å². The molecule has 0 amide bonds. The highest BCUT2D eigenvalue weighted by Gasteiger charge is 2.22. The number of nitrogens with one attached hydrogen (secondary N) is 1. The average Bonchev–Trinajstić information content (AvgIpc) is 3.57. The minimum Gasteiger partial charge on any atom is -0.469 e. The van der Waals surface area contributed by atoms with Gasteiger partial charge >= 0.3 is 0 Å². The minimum absolute atomic E-state index is 0.0320. The smallest absolute Gasteiger partial charge is 0.259 e. The average molecular weight is 476 g/mol. The first-order chi connectivity index (χ1) is 16.2. The maximum atomic E-state index is 12.8. The summed E-state index contributed by atoms with van der Waals surface area (Å²) >= 11 is 3.18. The summed E-state index contributed by atoms with van der Waals surface area (Å²) in [4.78, 5) is 22.7. The van der Waals surface area contributed by atoms with Crippen molar-refractivity contribution in [3.8, 4) is 11.4 Å². The zero-order valence-corrected chi connectivity index (χ0v) is 19.6. The summed E-state index contributed by atoms with van der Waals surface area (Å²) in [5, 5.41) is 10.5. The molecule has 1 N–H and O–H groups in total. The van der Waals surface area contributed by atoms with Gasteiger partial charge in [0.25, 0.3) is 5.56 Å². The SMILES string of the molecule is Cc1occc1-c1nnc(SCc2nc3sc4c(c3c(=O)[nH]2)CCC4)n1Cc1ccccc1. The highest BCUT2D eigenvalue weighted by molar-refractivity contribution is 7.98. The van der Waals surface area contributed by atoms with Crippen LogP contribution < -0.4 is 5.56 Å². The zero-order chi connectivity index (χ0) is 22.4. The molecule has 0 atom stereocenters. The number of hydrogen-bond acceptors (Lipinski definition) is 7. The summed E-state index contributed by atoms with van der Waals surface area (Å²) in [5.74, 6) is 2.73. The Morgan fingerprint density at radius 3 is 2.88 bits per heavy atom. The van der Waals surface area contributed by atoms with E-state index in [-0.39, 0.29) is 5.56 Å². The van der Waals surface area contributed by atoms with Crippen LogP contribution in [-0.2, 0) is 25.1 Å². The largest absolute Gasteiger partial charge is 0.469 e. The Kier molecular flexibility index (Phi) is 5.15. The fourth-order valence-corrected chi connectivity index (χ4v) is 6.46. The maximum Gasteiger partial charge on any atom is 0.259 e. The number of hydrogen-bond donors (Lipinski definition) is 1. The molecule has 0 unspecified atom stereocenters. The molecule has 0 saturated heterocycles. The van der Waals surface area contributed by atoms with Gasteiger partial charge < -0.3 is 9.40 Å². The molecule has 0 fully saturated rings. The second-order valence-corrected chi connectivity index (χ2v) is 10.1. The van der Waals surface area contributed by atoms with Crippen molar-refractivity contribution in [3.63, 3.8) is 0 Å². The molecule has 166 valence electrons. The van der Waals surface area contributed by atoms with E-state index in [4.69, 9.17) is 9.40 Å². The lowest BCUT2D eigenvalue weighted by atomic mass is 10.2. The van der Waals surface area contributed by atoms with Crippen LogP contribution in [0.15, 0.2) is 57.0 Å². The van der Waals surface area contributed by atoms with Crippen LogP contribution in [0.25, 0.3) is 21.6 Å². The summed E-state index contributed by atoms with van der Waals surface area (Å²) in [6, 6.07) is 12.1. The van der Waals surface area contributed by atoms with Crippen molar-refractivity contribution in [1.29, 1.82) is 0 Å². The topological polar surface area (TPSA) is 89.6 Å². The number of fused-ring (bicyclic) bond motifs is 3. The van der Waals surface area contributed by atoms with E-state index in [2.05, 4.69) is 31.9 Å². The number of thiophene rings is 1. The lowest BCUT2D eigenvalue weighted by Gasteiger charge is -2.10. The van der Waals surface area contributed by atoms with Crippen LogP contribution in [0.5, 0.6) is 0 Å². The molecule has 0 radical (unpaired) electrons. The lowest BCUT2D eigenvalue weighted by molar-refractivity contribution is 0.534. The summed E-state index contributed by atoms with van der Waals surface area (Å²) in [5.41, 5.74) is 3.25. The van der Waals surface area contributed by atoms with Gasteiger partial charge in [-0.25, -0.2) is 4.98 Å². The molecule has 1 aliphatic rings. The molecule has 0 saturated carbocycles. The monoisotopic (exact) mass is 475 g/mol. The zero-order valence-electron chi connectivity index (χ0n) is 18.0. The fraction of sp³-hybridized carbons (Fsp3) is 0.250. The molecular weight excluding hydrogens is 454 g/mol. The molecule has 4 aromatic heterocycles. The molecule has 33 heavy (non-hydrogen) atoms. The van der Waals surface area contributed by atoms with Gasteiger partial charge in [-0.2, -0.15) is 0 Å². The molecule has 4 heterocycles. The Bertz CT molecular complexity index is 1510. The second kappa shape index (κ2) is 8.31. The van der Waals surface area contributed by atoms with Crippen LogP contribution in [0.4, 0.5) is 0 Å². The van der Waals surface area contributed by atoms with Crippen LogP contribution in [-0.4, -0.2) is 24.7 Å². The quantitative estimate of drug-likeness (QED) is 0.349. The third-order valence-corrected chi connectivity index (χ3v) is 8.13. The van der Waals surface area contributed by atoms with Gasteiger partial charge in [-0.05, 0) is 43.4 Å². The number of rotatable bonds is 6. The second-order valence-electron chi connectivity index (χ2n) is 8.11. The van der Waals surface area contributed by atoms with Crippen molar-refractivity contribution < 1.29 is 4.42 Å². The molecule has 6 rings (SSSR count). The number of aromatic nitrogens is 5. The Morgan fingerprint density at radius 2 is 2.06 bits per heavy atom. The van der Waals surface area contributed by atoms with E-state index in [1.807, 2.05) is 31.2 Å². The molecule has 1 aliphatic carbocycles. The van der Waals surface area contributed by atoms with Crippen LogP contribution >= 0.6 is 23.1 Å². The number of furan rings is 1. The van der Waals surface area contributed by atoms with Gasteiger partial charge in [0, 0.05) is 4.88 Å². The van der Waals surface area contributed by atoms with E-state index in [9.17, 15) is 4.79 Å². The molecule has 0 bridgehead atoms. The predicted octanol–water partition coefficient (Wildman–Crippen LogP) is 4.97. The van der Waals surface area contributed by atoms with E-state index in [1.165, 1.54) is 22.2 Å². The summed E-state index contributed by atoms with van der Waals surface area (Å²) in [6.45, 7) is 2.56. The lowest BCUT2D eigenvalue weighted by Crippen LogP contribution is -2.11. The first-order valence-corrected chi connectivity index (χ1v) is 12.7. The fourth-order valence-electron chi connectivity index (χ4n) is 4.37. The molecule has 7 nitrogen and oxygen atoms in total. The van der Waals surface area contributed by atoms with Crippen LogP contribution in [0.2, 0.25) is 0 Å². The van der Waals surface area contributed by atoms with Crippen molar-refractivity contribution in [3.05, 3.63) is 80.6 Å². The molecule has 0 spiro atoms. The Hall–Kier alpha value is -3.17. The van der Waals surface area contributed by atoms with Crippen molar-refractivity contribution in [2.75, 3.05) is 0 Å². The van der Waals surface area contributed by atoms with E-state index in [0.29, 0.717) is 18.1 Å². The molecule has 1 aromatic carbocycles. The minimum atomic E-state index is -0.0320. The number of nitrogens with zero attached hydrogens (tertiary/aromatic N) is 4. The number of aryl methyl sites for hydroxylation is 3. The van der Waals surface area contributed by atoms with Gasteiger partial charge in [0.2, 0.25) is 0 Å². The van der Waals surface area contributed by atoms with Gasteiger partial charge in [-0.1, -0.05) is 42.1 Å². The maximum absolute atomic E-state index is 12.8. The highest BCUT2D eigenvalue weighted by atomic mass is 32.2. The number of H-pyrrole nitrogens is 1. The van der Waals surface area contributed by atoms with Crippen molar-refractivity contribution >= 4 is 33.3 Å². The van der Waals surface area contributed by atoms with E-state index < -0.39 is 0 Å². The number of aromatic amines is 1. The van der Waals surface area contributed by atoms with E-state index >= 15 is 0 Å². The first-order valence-electron chi connectivity index (χ1n) is 10.8. The molecule has 0 aliphatic heterocycles. The van der Waals surface area contributed by atoms with Gasteiger partial charge in [-0.15, -0.1) is 21.5 Å². The molecule has 5 aromatic rings. The van der Waals surface area contributed by atoms with Crippen molar-refractivity contribution in [2.45, 2.75) is 43.6 Å².